The summed E-state index contributed by atoms with van der Waals surface area (Å²) in [5.74, 6) is 2.70. The summed E-state index contributed by atoms with van der Waals surface area (Å²) < 4.78 is 7.76. The van der Waals surface area contributed by atoms with Crippen LogP contribution < -0.4 is 0 Å². The Kier molecular flexibility index (Phi) is 6.34. The highest BCUT2D eigenvalue weighted by molar-refractivity contribution is 7.15. The number of aliphatic imine (C=N–C) groups is 1. The maximum atomic E-state index is 13.1. The van der Waals surface area contributed by atoms with E-state index < -0.39 is 0 Å². The van der Waals surface area contributed by atoms with Crippen molar-refractivity contribution < 1.29 is 9.53 Å². The molecule has 4 fully saturated rings. The average Bonchev–Trinajstić information content (AvgIpc) is 3.43. The SMILES string of the molecule is CCOC(=O)c1c(-n2c(C)cc(C=Nc3ccc(C45CC6CC(CC(C6)C4)C5)cc3)c2C)sc2c1CCCC2. The molecule has 5 heteroatoms. The van der Waals surface area contributed by atoms with Gasteiger partial charge in [-0.05, 0) is 137 Å². The highest BCUT2D eigenvalue weighted by Crippen LogP contribution is 2.60. The molecular weight excluding hydrogens is 500 g/mol. The molecule has 204 valence electrons. The van der Waals surface area contributed by atoms with Crippen LogP contribution in [-0.4, -0.2) is 23.4 Å². The Morgan fingerprint density at radius 3 is 2.38 bits per heavy atom. The number of aromatic nitrogens is 1. The number of fused-ring (bicyclic) bond motifs is 1. The van der Waals surface area contributed by atoms with Crippen molar-refractivity contribution in [2.45, 2.75) is 90.4 Å². The van der Waals surface area contributed by atoms with Gasteiger partial charge in [-0.2, -0.15) is 0 Å². The summed E-state index contributed by atoms with van der Waals surface area (Å²) in [5, 5.41) is 1.01. The maximum absolute atomic E-state index is 13.1. The van der Waals surface area contributed by atoms with Crippen molar-refractivity contribution in [1.29, 1.82) is 0 Å². The van der Waals surface area contributed by atoms with Crippen molar-refractivity contribution in [3.63, 3.8) is 0 Å². The lowest BCUT2D eigenvalue weighted by Gasteiger charge is -2.57. The second-order valence-corrected chi connectivity index (χ2v) is 13.9. The van der Waals surface area contributed by atoms with E-state index in [1.165, 1.54) is 55.4 Å². The zero-order chi connectivity index (χ0) is 26.7. The minimum Gasteiger partial charge on any atom is -0.462 e. The standard InChI is InChI=1S/C34H40N2O2S/c1-4-38-33(37)31-29-7-5-6-8-30(29)39-32(31)36-21(2)13-26(22(36)3)20-35-28-11-9-27(10-12-28)34-17-23-14-24(18-34)16-25(15-23)19-34/h9-13,20,23-25H,4-8,14-19H2,1-3H3. The number of ether oxygens (including phenoxy) is 1. The van der Waals surface area contributed by atoms with Crippen LogP contribution in [0.1, 0.15) is 102 Å². The molecule has 0 aliphatic heterocycles. The Bertz CT molecular complexity index is 1410. The molecule has 5 aliphatic carbocycles. The number of hydrogen-bond acceptors (Lipinski definition) is 4. The van der Waals surface area contributed by atoms with Gasteiger partial charge in [0, 0.05) is 28.0 Å². The minimum absolute atomic E-state index is 0.186. The highest BCUT2D eigenvalue weighted by atomic mass is 32.1. The molecule has 39 heavy (non-hydrogen) atoms. The van der Waals surface area contributed by atoms with Crippen LogP contribution in [0.3, 0.4) is 0 Å². The first-order chi connectivity index (χ1) is 18.9. The van der Waals surface area contributed by atoms with Crippen molar-refractivity contribution in [3.8, 4) is 5.00 Å². The van der Waals surface area contributed by atoms with Gasteiger partial charge in [0.1, 0.15) is 5.00 Å². The molecule has 0 amide bonds. The molecule has 4 bridgehead atoms. The quantitative estimate of drug-likeness (QED) is 0.233. The fraction of sp³-hybridized carbons (Fsp3) is 0.529. The molecule has 0 radical (unpaired) electrons. The van der Waals surface area contributed by atoms with E-state index in [1.54, 1.807) is 16.9 Å². The van der Waals surface area contributed by atoms with E-state index in [0.717, 1.165) is 70.2 Å². The van der Waals surface area contributed by atoms with Crippen molar-refractivity contribution >= 4 is 29.2 Å². The van der Waals surface area contributed by atoms with Crippen molar-refractivity contribution in [1.82, 2.24) is 4.57 Å². The van der Waals surface area contributed by atoms with Crippen LogP contribution >= 0.6 is 11.3 Å². The van der Waals surface area contributed by atoms with Crippen LogP contribution in [0.25, 0.3) is 5.00 Å². The fourth-order valence-electron chi connectivity index (χ4n) is 8.86. The first kappa shape index (κ1) is 25.3. The number of thiophene rings is 1. The topological polar surface area (TPSA) is 43.6 Å². The summed E-state index contributed by atoms with van der Waals surface area (Å²) >= 11 is 1.77. The summed E-state index contributed by atoms with van der Waals surface area (Å²) in [6.07, 6.45) is 15.0. The third-order valence-corrected chi connectivity index (χ3v) is 11.5. The summed E-state index contributed by atoms with van der Waals surface area (Å²) in [4.78, 5) is 19.3. The molecule has 8 rings (SSSR count). The van der Waals surface area contributed by atoms with Gasteiger partial charge in [0.2, 0.25) is 0 Å². The highest BCUT2D eigenvalue weighted by Gasteiger charge is 2.51. The van der Waals surface area contributed by atoms with E-state index in [-0.39, 0.29) is 5.97 Å². The predicted octanol–water partition coefficient (Wildman–Crippen LogP) is 8.43. The molecule has 4 saturated carbocycles. The van der Waals surface area contributed by atoms with E-state index in [0.29, 0.717) is 12.0 Å². The monoisotopic (exact) mass is 540 g/mol. The lowest BCUT2D eigenvalue weighted by atomic mass is 9.48. The van der Waals surface area contributed by atoms with Crippen LogP contribution in [0.15, 0.2) is 35.3 Å². The summed E-state index contributed by atoms with van der Waals surface area (Å²) in [6, 6.07) is 11.4. The second kappa shape index (κ2) is 9.76. The number of benzene rings is 1. The largest absolute Gasteiger partial charge is 0.462 e. The molecule has 4 nitrogen and oxygen atoms in total. The number of rotatable bonds is 6. The van der Waals surface area contributed by atoms with Crippen LogP contribution in [0.4, 0.5) is 5.69 Å². The van der Waals surface area contributed by atoms with E-state index >= 15 is 0 Å². The third-order valence-electron chi connectivity index (χ3n) is 10.2. The number of esters is 1. The predicted molar refractivity (Wildman–Crippen MR) is 159 cm³/mol. The van der Waals surface area contributed by atoms with Crippen molar-refractivity contribution in [2.24, 2.45) is 22.7 Å². The number of hydrogen-bond donors (Lipinski definition) is 0. The van der Waals surface area contributed by atoms with Gasteiger partial charge in [0.05, 0.1) is 17.9 Å². The van der Waals surface area contributed by atoms with Gasteiger partial charge in [0.15, 0.2) is 0 Å². The van der Waals surface area contributed by atoms with Crippen LogP contribution in [0.5, 0.6) is 0 Å². The lowest BCUT2D eigenvalue weighted by molar-refractivity contribution is -0.00518. The lowest BCUT2D eigenvalue weighted by Crippen LogP contribution is -2.48. The molecule has 1 aromatic carbocycles. The van der Waals surface area contributed by atoms with Gasteiger partial charge < -0.3 is 9.30 Å². The maximum Gasteiger partial charge on any atom is 0.341 e. The Balaban J connectivity index is 1.16. The van der Waals surface area contributed by atoms with E-state index in [2.05, 4.69) is 48.7 Å². The van der Waals surface area contributed by atoms with Crippen LogP contribution in [-0.2, 0) is 23.0 Å². The number of carbonyl (C=O) groups is 1. The number of aryl methyl sites for hydroxylation is 2. The molecule has 2 heterocycles. The second-order valence-electron chi connectivity index (χ2n) is 12.8. The molecule has 2 aromatic heterocycles. The van der Waals surface area contributed by atoms with Crippen LogP contribution in [0, 0.1) is 31.6 Å². The van der Waals surface area contributed by atoms with Gasteiger partial charge in [-0.25, -0.2) is 4.79 Å². The zero-order valence-electron chi connectivity index (χ0n) is 23.6. The smallest absolute Gasteiger partial charge is 0.341 e. The number of carbonyl (C=O) groups excluding carboxylic acids is 1. The normalized spacial score (nSPS) is 27.3. The Morgan fingerprint density at radius 2 is 1.72 bits per heavy atom. The van der Waals surface area contributed by atoms with Gasteiger partial charge in [-0.1, -0.05) is 12.1 Å². The first-order valence-corrected chi connectivity index (χ1v) is 15.9. The van der Waals surface area contributed by atoms with E-state index in [9.17, 15) is 4.79 Å². The summed E-state index contributed by atoms with van der Waals surface area (Å²) in [6.45, 7) is 6.54. The van der Waals surface area contributed by atoms with Gasteiger partial charge >= 0.3 is 5.97 Å². The Labute approximate surface area is 236 Å². The van der Waals surface area contributed by atoms with Gasteiger partial charge in [0.25, 0.3) is 0 Å². The number of nitrogens with zero attached hydrogens (tertiary/aromatic N) is 2. The minimum atomic E-state index is -0.186. The first-order valence-electron chi connectivity index (χ1n) is 15.1. The molecule has 0 saturated heterocycles. The molecule has 0 spiro atoms. The van der Waals surface area contributed by atoms with Gasteiger partial charge in [-0.3, -0.25) is 4.99 Å². The van der Waals surface area contributed by atoms with Crippen LogP contribution in [0.2, 0.25) is 0 Å². The molecule has 5 aliphatic rings. The van der Waals surface area contributed by atoms with Crippen molar-refractivity contribution in [2.75, 3.05) is 6.61 Å². The van der Waals surface area contributed by atoms with Crippen molar-refractivity contribution in [3.05, 3.63) is 68.9 Å². The summed E-state index contributed by atoms with van der Waals surface area (Å²) in [7, 11) is 0. The Morgan fingerprint density at radius 1 is 1.05 bits per heavy atom. The van der Waals surface area contributed by atoms with Gasteiger partial charge in [-0.15, -0.1) is 11.3 Å². The molecular formula is C34H40N2O2S. The molecule has 0 unspecified atom stereocenters. The fourth-order valence-corrected chi connectivity index (χ4v) is 10.4. The molecule has 0 atom stereocenters. The van der Waals surface area contributed by atoms with E-state index in [4.69, 9.17) is 9.73 Å². The average molecular weight is 541 g/mol. The molecule has 3 aromatic rings. The Hall–Kier alpha value is -2.66. The molecule has 0 N–H and O–H groups in total. The van der Waals surface area contributed by atoms with E-state index in [1.807, 2.05) is 13.1 Å². The summed E-state index contributed by atoms with van der Waals surface area (Å²) in [5.41, 5.74) is 8.31. The third kappa shape index (κ3) is 4.32. The zero-order valence-corrected chi connectivity index (χ0v) is 24.4.